The molecule has 7 nitrogen and oxygen atoms in total. The fraction of sp³-hybridized carbons (Fsp3) is 0.467. The SMILES string of the molecule is CC(C)n1nccc1NC(=O)CN1CCc2cncnc2C1. The standard InChI is InChI=1S/C15H20N6O/c1-11(2)21-14(3-5-18-21)19-15(22)9-20-6-4-12-7-16-10-17-13(12)8-20/h3,5,7,10-11H,4,6,8-9H2,1-2H3,(H,19,22). The van der Waals surface area contributed by atoms with E-state index in [1.54, 1.807) is 17.2 Å². The van der Waals surface area contributed by atoms with Crippen LogP contribution >= 0.6 is 0 Å². The highest BCUT2D eigenvalue weighted by molar-refractivity contribution is 5.91. The third kappa shape index (κ3) is 3.14. The predicted molar refractivity (Wildman–Crippen MR) is 82.3 cm³/mol. The van der Waals surface area contributed by atoms with E-state index in [0.717, 1.165) is 24.5 Å². The van der Waals surface area contributed by atoms with Crippen molar-refractivity contribution in [1.29, 1.82) is 0 Å². The first-order chi connectivity index (χ1) is 10.6. The largest absolute Gasteiger partial charge is 0.310 e. The van der Waals surface area contributed by atoms with Gasteiger partial charge in [-0.1, -0.05) is 0 Å². The summed E-state index contributed by atoms with van der Waals surface area (Å²) < 4.78 is 1.80. The second kappa shape index (κ2) is 6.23. The van der Waals surface area contributed by atoms with Crippen molar-refractivity contribution < 1.29 is 4.79 Å². The molecule has 0 unspecified atom stereocenters. The molecule has 0 radical (unpaired) electrons. The van der Waals surface area contributed by atoms with Crippen molar-refractivity contribution in [2.45, 2.75) is 32.9 Å². The molecule has 0 atom stereocenters. The Morgan fingerprint density at radius 2 is 2.32 bits per heavy atom. The molecule has 2 aromatic rings. The van der Waals surface area contributed by atoms with Gasteiger partial charge in [0.25, 0.3) is 0 Å². The summed E-state index contributed by atoms with van der Waals surface area (Å²) in [6.45, 7) is 5.95. The highest BCUT2D eigenvalue weighted by atomic mass is 16.2. The normalized spacial score (nSPS) is 14.9. The first-order valence-electron chi connectivity index (χ1n) is 7.47. The first kappa shape index (κ1) is 14.6. The number of rotatable bonds is 4. The fourth-order valence-corrected chi connectivity index (χ4v) is 2.65. The molecule has 7 heteroatoms. The summed E-state index contributed by atoms with van der Waals surface area (Å²) in [7, 11) is 0. The summed E-state index contributed by atoms with van der Waals surface area (Å²) in [5, 5.41) is 7.15. The van der Waals surface area contributed by atoms with E-state index in [-0.39, 0.29) is 11.9 Å². The van der Waals surface area contributed by atoms with Crippen molar-refractivity contribution in [2.24, 2.45) is 0 Å². The summed E-state index contributed by atoms with van der Waals surface area (Å²) in [6.07, 6.45) is 6.00. The predicted octanol–water partition coefficient (Wildman–Crippen LogP) is 1.25. The van der Waals surface area contributed by atoms with Crippen LogP contribution in [-0.2, 0) is 17.8 Å². The first-order valence-corrected chi connectivity index (χ1v) is 7.47. The molecule has 1 amide bonds. The van der Waals surface area contributed by atoms with Gasteiger partial charge in [0.1, 0.15) is 12.1 Å². The zero-order valence-corrected chi connectivity index (χ0v) is 12.9. The van der Waals surface area contributed by atoms with E-state index in [0.29, 0.717) is 13.1 Å². The molecule has 0 bridgehead atoms. The monoisotopic (exact) mass is 300 g/mol. The van der Waals surface area contributed by atoms with Crippen LogP contribution in [0, 0.1) is 0 Å². The van der Waals surface area contributed by atoms with Crippen molar-refractivity contribution in [2.75, 3.05) is 18.4 Å². The lowest BCUT2D eigenvalue weighted by Gasteiger charge is -2.26. The van der Waals surface area contributed by atoms with Crippen LogP contribution in [0.4, 0.5) is 5.82 Å². The van der Waals surface area contributed by atoms with Gasteiger partial charge in [-0.15, -0.1) is 0 Å². The number of nitrogens with one attached hydrogen (secondary N) is 1. The Bertz CT molecular complexity index is 666. The van der Waals surface area contributed by atoms with Gasteiger partial charge in [0, 0.05) is 31.4 Å². The van der Waals surface area contributed by atoms with Crippen LogP contribution in [0.25, 0.3) is 0 Å². The molecular weight excluding hydrogens is 280 g/mol. The molecule has 116 valence electrons. The zero-order valence-electron chi connectivity index (χ0n) is 12.9. The quantitative estimate of drug-likeness (QED) is 0.919. The fourth-order valence-electron chi connectivity index (χ4n) is 2.65. The highest BCUT2D eigenvalue weighted by Crippen LogP contribution is 2.16. The summed E-state index contributed by atoms with van der Waals surface area (Å²) in [5.41, 5.74) is 2.19. The van der Waals surface area contributed by atoms with Crippen LogP contribution in [0.15, 0.2) is 24.8 Å². The van der Waals surface area contributed by atoms with Gasteiger partial charge in [0.05, 0.1) is 18.4 Å². The molecule has 0 saturated heterocycles. The molecule has 1 N–H and O–H groups in total. The Hall–Kier alpha value is -2.28. The van der Waals surface area contributed by atoms with Gasteiger partial charge < -0.3 is 5.32 Å². The summed E-state index contributed by atoms with van der Waals surface area (Å²) in [6, 6.07) is 2.03. The number of carbonyl (C=O) groups excluding carboxylic acids is 1. The maximum absolute atomic E-state index is 12.2. The third-order valence-corrected chi connectivity index (χ3v) is 3.75. The molecule has 0 spiro atoms. The lowest BCUT2D eigenvalue weighted by Crippen LogP contribution is -2.37. The average molecular weight is 300 g/mol. The van der Waals surface area contributed by atoms with E-state index in [9.17, 15) is 4.79 Å². The van der Waals surface area contributed by atoms with Gasteiger partial charge in [0.2, 0.25) is 5.91 Å². The average Bonchev–Trinajstić information content (AvgIpc) is 2.95. The molecule has 1 aliphatic heterocycles. The van der Waals surface area contributed by atoms with E-state index >= 15 is 0 Å². The van der Waals surface area contributed by atoms with Gasteiger partial charge in [-0.05, 0) is 25.8 Å². The zero-order chi connectivity index (χ0) is 15.5. The molecule has 0 fully saturated rings. The lowest BCUT2D eigenvalue weighted by atomic mass is 10.1. The van der Waals surface area contributed by atoms with Gasteiger partial charge in [-0.2, -0.15) is 5.10 Å². The van der Waals surface area contributed by atoms with Crippen LogP contribution < -0.4 is 5.32 Å². The molecule has 22 heavy (non-hydrogen) atoms. The van der Waals surface area contributed by atoms with Gasteiger partial charge >= 0.3 is 0 Å². The van der Waals surface area contributed by atoms with Crippen LogP contribution in [0.1, 0.15) is 31.1 Å². The second-order valence-corrected chi connectivity index (χ2v) is 5.76. The second-order valence-electron chi connectivity index (χ2n) is 5.76. The maximum atomic E-state index is 12.2. The topological polar surface area (TPSA) is 75.9 Å². The van der Waals surface area contributed by atoms with E-state index in [1.807, 2.05) is 26.1 Å². The van der Waals surface area contributed by atoms with E-state index in [1.165, 1.54) is 5.56 Å². The Balaban J connectivity index is 1.60. The molecular formula is C15H20N6O. The summed E-state index contributed by atoms with van der Waals surface area (Å²) in [4.78, 5) is 22.7. The summed E-state index contributed by atoms with van der Waals surface area (Å²) in [5.74, 6) is 0.708. The van der Waals surface area contributed by atoms with Crippen molar-refractivity contribution in [3.63, 3.8) is 0 Å². The lowest BCUT2D eigenvalue weighted by molar-refractivity contribution is -0.117. The molecule has 1 aliphatic rings. The van der Waals surface area contributed by atoms with Crippen molar-refractivity contribution in [3.05, 3.63) is 36.0 Å². The molecule has 3 rings (SSSR count). The minimum atomic E-state index is -0.0279. The van der Waals surface area contributed by atoms with Crippen LogP contribution in [0.5, 0.6) is 0 Å². The van der Waals surface area contributed by atoms with Crippen LogP contribution in [0.3, 0.4) is 0 Å². The van der Waals surface area contributed by atoms with Crippen LogP contribution in [-0.4, -0.2) is 43.6 Å². The number of hydrogen-bond acceptors (Lipinski definition) is 5. The molecule has 3 heterocycles. The summed E-state index contributed by atoms with van der Waals surface area (Å²) >= 11 is 0. The smallest absolute Gasteiger partial charge is 0.239 e. The number of aromatic nitrogens is 4. The minimum absolute atomic E-state index is 0.0279. The van der Waals surface area contributed by atoms with E-state index in [2.05, 4.69) is 25.3 Å². The number of fused-ring (bicyclic) bond motifs is 1. The minimum Gasteiger partial charge on any atom is -0.310 e. The molecule has 0 saturated carbocycles. The number of amides is 1. The molecule has 2 aromatic heterocycles. The Morgan fingerprint density at radius 1 is 1.45 bits per heavy atom. The van der Waals surface area contributed by atoms with Gasteiger partial charge in [0.15, 0.2) is 0 Å². The van der Waals surface area contributed by atoms with Crippen molar-refractivity contribution >= 4 is 11.7 Å². The number of hydrogen-bond donors (Lipinski definition) is 1. The number of anilines is 1. The van der Waals surface area contributed by atoms with Gasteiger partial charge in [-0.25, -0.2) is 14.6 Å². The molecule has 0 aromatic carbocycles. The Kier molecular flexibility index (Phi) is 4.15. The number of carbonyl (C=O) groups is 1. The van der Waals surface area contributed by atoms with Gasteiger partial charge in [-0.3, -0.25) is 9.69 Å². The Morgan fingerprint density at radius 3 is 3.14 bits per heavy atom. The van der Waals surface area contributed by atoms with Crippen molar-refractivity contribution in [1.82, 2.24) is 24.6 Å². The van der Waals surface area contributed by atoms with Crippen LogP contribution in [0.2, 0.25) is 0 Å². The van der Waals surface area contributed by atoms with Crippen molar-refractivity contribution in [3.8, 4) is 0 Å². The Labute approximate surface area is 129 Å². The number of nitrogens with zero attached hydrogens (tertiary/aromatic N) is 5. The maximum Gasteiger partial charge on any atom is 0.239 e. The highest BCUT2D eigenvalue weighted by Gasteiger charge is 2.20. The third-order valence-electron chi connectivity index (χ3n) is 3.75. The molecule has 0 aliphatic carbocycles. The van der Waals surface area contributed by atoms with E-state index in [4.69, 9.17) is 0 Å². The van der Waals surface area contributed by atoms with E-state index < -0.39 is 0 Å².